The lowest BCUT2D eigenvalue weighted by atomic mass is 10.1. The van der Waals surface area contributed by atoms with Crippen LogP contribution in [0.15, 0.2) is 36.4 Å². The minimum absolute atomic E-state index is 0.0508. The summed E-state index contributed by atoms with van der Waals surface area (Å²) in [6.07, 6.45) is 1.27. The molecule has 136 valence electrons. The largest absolute Gasteiger partial charge is 0.507 e. The van der Waals surface area contributed by atoms with Crippen molar-refractivity contribution in [2.24, 2.45) is 0 Å². The van der Waals surface area contributed by atoms with Crippen molar-refractivity contribution in [3.05, 3.63) is 57.6 Å². The monoisotopic (exact) mass is 392 g/mol. The normalized spacial score (nSPS) is 16.6. The summed E-state index contributed by atoms with van der Waals surface area (Å²) in [5.41, 5.74) is 1.30. The van der Waals surface area contributed by atoms with Crippen molar-refractivity contribution in [2.75, 3.05) is 11.9 Å². The Hall–Kier alpha value is -2.24. The van der Waals surface area contributed by atoms with Gasteiger partial charge in [0.2, 0.25) is 5.91 Å². The number of para-hydroxylation sites is 1. The lowest BCUT2D eigenvalue weighted by Crippen LogP contribution is -2.43. The quantitative estimate of drug-likeness (QED) is 0.819. The fourth-order valence-electron chi connectivity index (χ4n) is 3.12. The highest BCUT2D eigenvalue weighted by Crippen LogP contribution is 2.28. The van der Waals surface area contributed by atoms with E-state index in [-0.39, 0.29) is 23.1 Å². The Bertz CT molecular complexity index is 850. The van der Waals surface area contributed by atoms with Crippen LogP contribution in [0.1, 0.15) is 28.8 Å². The van der Waals surface area contributed by atoms with Gasteiger partial charge in [-0.25, -0.2) is 0 Å². The molecular weight excluding hydrogens is 375 g/mol. The van der Waals surface area contributed by atoms with E-state index in [1.807, 2.05) is 0 Å². The number of halogens is 2. The van der Waals surface area contributed by atoms with Crippen LogP contribution in [0.3, 0.4) is 0 Å². The van der Waals surface area contributed by atoms with Gasteiger partial charge < -0.3 is 15.3 Å². The Morgan fingerprint density at radius 2 is 1.88 bits per heavy atom. The second kappa shape index (κ2) is 7.56. The van der Waals surface area contributed by atoms with Gasteiger partial charge in [-0.2, -0.15) is 0 Å². The fourth-order valence-corrected chi connectivity index (χ4v) is 3.65. The molecular formula is C19H18Cl2N2O3. The number of amides is 2. The highest BCUT2D eigenvalue weighted by molar-refractivity contribution is 6.35. The zero-order valence-electron chi connectivity index (χ0n) is 14.1. The Balaban J connectivity index is 1.80. The summed E-state index contributed by atoms with van der Waals surface area (Å²) >= 11 is 11.9. The average molecular weight is 393 g/mol. The second-order valence-electron chi connectivity index (χ2n) is 6.28. The summed E-state index contributed by atoms with van der Waals surface area (Å²) in [4.78, 5) is 27.0. The lowest BCUT2D eigenvalue weighted by molar-refractivity contribution is -0.119. The smallest absolute Gasteiger partial charge is 0.258 e. The highest BCUT2D eigenvalue weighted by atomic mass is 35.5. The molecule has 1 atom stereocenters. The van der Waals surface area contributed by atoms with Crippen LogP contribution < -0.4 is 5.32 Å². The third kappa shape index (κ3) is 3.79. The van der Waals surface area contributed by atoms with E-state index in [4.69, 9.17) is 23.2 Å². The molecule has 7 heteroatoms. The number of likely N-dealkylation sites (tertiary alicyclic amines) is 1. The molecule has 2 aromatic rings. The molecule has 5 nitrogen and oxygen atoms in total. The van der Waals surface area contributed by atoms with Crippen molar-refractivity contribution in [1.82, 2.24) is 4.90 Å². The SMILES string of the molecule is Cc1cccc(C(=O)N2CCCC2C(=O)Nc2cc(Cl)cc(Cl)c2)c1O. The molecule has 2 amide bonds. The Labute approximate surface area is 161 Å². The minimum Gasteiger partial charge on any atom is -0.507 e. The van der Waals surface area contributed by atoms with Crippen LogP contribution in [0.25, 0.3) is 0 Å². The van der Waals surface area contributed by atoms with Crippen LogP contribution in [-0.2, 0) is 4.79 Å². The number of carbonyl (C=O) groups is 2. The molecule has 2 aromatic carbocycles. The number of nitrogens with zero attached hydrogens (tertiary/aromatic N) is 1. The van der Waals surface area contributed by atoms with E-state index in [1.54, 1.807) is 43.3 Å². The van der Waals surface area contributed by atoms with Gasteiger partial charge in [-0.3, -0.25) is 9.59 Å². The number of hydrogen-bond acceptors (Lipinski definition) is 3. The van der Waals surface area contributed by atoms with Gasteiger partial charge >= 0.3 is 0 Å². The number of hydrogen-bond donors (Lipinski definition) is 2. The lowest BCUT2D eigenvalue weighted by Gasteiger charge is -2.24. The predicted octanol–water partition coefficient (Wildman–Crippen LogP) is 4.25. The highest BCUT2D eigenvalue weighted by Gasteiger charge is 2.35. The number of nitrogens with one attached hydrogen (secondary N) is 1. The summed E-state index contributed by atoms with van der Waals surface area (Å²) in [6, 6.07) is 9.15. The summed E-state index contributed by atoms with van der Waals surface area (Å²) in [6.45, 7) is 2.18. The number of anilines is 1. The van der Waals surface area contributed by atoms with Gasteiger partial charge in [0.1, 0.15) is 11.8 Å². The number of carbonyl (C=O) groups excluding carboxylic acids is 2. The van der Waals surface area contributed by atoms with Crippen LogP contribution in [0.4, 0.5) is 5.69 Å². The van der Waals surface area contributed by atoms with E-state index >= 15 is 0 Å². The third-order valence-electron chi connectivity index (χ3n) is 4.41. The number of benzene rings is 2. The molecule has 1 aliphatic rings. The Morgan fingerprint density at radius 1 is 1.19 bits per heavy atom. The van der Waals surface area contributed by atoms with E-state index in [9.17, 15) is 14.7 Å². The van der Waals surface area contributed by atoms with Crippen LogP contribution >= 0.6 is 23.2 Å². The van der Waals surface area contributed by atoms with Crippen LogP contribution in [0, 0.1) is 6.92 Å². The van der Waals surface area contributed by atoms with Gasteiger partial charge in [0.05, 0.1) is 5.56 Å². The number of aryl methyl sites for hydroxylation is 1. The van der Waals surface area contributed by atoms with E-state index in [0.717, 1.165) is 0 Å². The minimum atomic E-state index is -0.611. The topological polar surface area (TPSA) is 69.6 Å². The average Bonchev–Trinajstić information content (AvgIpc) is 3.05. The van der Waals surface area contributed by atoms with Crippen molar-refractivity contribution >= 4 is 40.7 Å². The van der Waals surface area contributed by atoms with Gasteiger partial charge in [0.15, 0.2) is 0 Å². The van der Waals surface area contributed by atoms with E-state index < -0.39 is 6.04 Å². The molecule has 1 heterocycles. The molecule has 0 saturated carbocycles. The first-order chi connectivity index (χ1) is 12.4. The number of aromatic hydroxyl groups is 1. The molecule has 1 unspecified atom stereocenters. The summed E-state index contributed by atoms with van der Waals surface area (Å²) < 4.78 is 0. The number of rotatable bonds is 3. The molecule has 0 aliphatic carbocycles. The van der Waals surface area contributed by atoms with Crippen LogP contribution in [0.2, 0.25) is 10.0 Å². The van der Waals surface area contributed by atoms with Crippen molar-refractivity contribution in [2.45, 2.75) is 25.8 Å². The molecule has 0 spiro atoms. The first-order valence-corrected chi connectivity index (χ1v) is 8.99. The van der Waals surface area contributed by atoms with Gasteiger partial charge in [-0.05, 0) is 49.6 Å². The van der Waals surface area contributed by atoms with Crippen molar-refractivity contribution in [1.29, 1.82) is 0 Å². The Morgan fingerprint density at radius 3 is 2.58 bits per heavy atom. The molecule has 0 radical (unpaired) electrons. The predicted molar refractivity (Wildman–Crippen MR) is 102 cm³/mol. The van der Waals surface area contributed by atoms with Crippen LogP contribution in [0.5, 0.6) is 5.75 Å². The van der Waals surface area contributed by atoms with Gasteiger partial charge in [-0.1, -0.05) is 35.3 Å². The van der Waals surface area contributed by atoms with Crippen molar-refractivity contribution < 1.29 is 14.7 Å². The van der Waals surface area contributed by atoms with E-state index in [1.165, 1.54) is 4.90 Å². The maximum absolute atomic E-state index is 12.8. The summed E-state index contributed by atoms with van der Waals surface area (Å²) in [7, 11) is 0. The molecule has 1 aliphatic heterocycles. The number of phenolic OH excluding ortho intramolecular Hbond substituents is 1. The Kier molecular flexibility index (Phi) is 5.39. The molecule has 0 bridgehead atoms. The maximum atomic E-state index is 12.8. The molecule has 1 fully saturated rings. The second-order valence-corrected chi connectivity index (χ2v) is 7.15. The van der Waals surface area contributed by atoms with Crippen molar-refractivity contribution in [3.8, 4) is 5.75 Å². The van der Waals surface area contributed by atoms with Gasteiger partial charge in [-0.15, -0.1) is 0 Å². The van der Waals surface area contributed by atoms with E-state index in [0.29, 0.717) is 40.7 Å². The van der Waals surface area contributed by atoms with E-state index in [2.05, 4.69) is 5.32 Å². The molecule has 1 saturated heterocycles. The molecule has 3 rings (SSSR count). The maximum Gasteiger partial charge on any atom is 0.258 e. The zero-order valence-corrected chi connectivity index (χ0v) is 15.6. The molecule has 2 N–H and O–H groups in total. The van der Waals surface area contributed by atoms with Crippen LogP contribution in [-0.4, -0.2) is 34.4 Å². The first-order valence-electron chi connectivity index (χ1n) is 8.23. The summed E-state index contributed by atoms with van der Waals surface area (Å²) in [5, 5.41) is 13.8. The van der Waals surface area contributed by atoms with Gasteiger partial charge in [0, 0.05) is 22.3 Å². The molecule has 0 aromatic heterocycles. The van der Waals surface area contributed by atoms with Crippen molar-refractivity contribution in [3.63, 3.8) is 0 Å². The standard InChI is InChI=1S/C19H18Cl2N2O3/c1-11-4-2-5-15(17(11)24)19(26)23-7-3-6-16(23)18(25)22-14-9-12(20)8-13(21)10-14/h2,4-5,8-10,16,24H,3,6-7H2,1H3,(H,22,25). The zero-order chi connectivity index (χ0) is 18.8. The third-order valence-corrected chi connectivity index (χ3v) is 4.85. The van der Waals surface area contributed by atoms with Gasteiger partial charge in [0.25, 0.3) is 5.91 Å². The first kappa shape index (κ1) is 18.5. The summed E-state index contributed by atoms with van der Waals surface area (Å²) in [5.74, 6) is -0.709. The fraction of sp³-hybridized carbons (Fsp3) is 0.263. The molecule has 26 heavy (non-hydrogen) atoms. The number of phenols is 1.